The zero-order valence-electron chi connectivity index (χ0n) is 29.1. The number of imidazole rings is 1. The molecule has 3 atom stereocenters. The fourth-order valence-electron chi connectivity index (χ4n) is 6.55. The molecule has 12 nitrogen and oxygen atoms in total. The second-order valence-electron chi connectivity index (χ2n) is 13.2. The van der Waals surface area contributed by atoms with Crippen molar-refractivity contribution in [2.45, 2.75) is 50.8 Å². The summed E-state index contributed by atoms with van der Waals surface area (Å²) in [5, 5.41) is 20.1. The van der Waals surface area contributed by atoms with Crippen LogP contribution in [0.1, 0.15) is 29.4 Å². The Morgan fingerprint density at radius 1 is 1.04 bits per heavy atom. The third-order valence-electron chi connectivity index (χ3n) is 9.47. The standard InChI is InChI=1S/C37H39Cl2F2N9O3/c1-25(37(53,22-50-24-42-23-44-50)31-10-9-30(40)17-32(31)41)45-35(51)33-20-48(14-13-47(33)21-34-43-11-12-46(34)2)36(52)49(18-26-5-3-7-28(38)15-26)19-27-6-4-8-29(39)16-27/h3-12,15-17,23-25,33,53H,13-14,18-22H2,1-2H3,(H,45,51)/t25-,33?,37+/m0/s1. The van der Waals surface area contributed by atoms with Gasteiger partial charge in [0.15, 0.2) is 0 Å². The highest BCUT2D eigenvalue weighted by Gasteiger charge is 2.43. The lowest BCUT2D eigenvalue weighted by atomic mass is 9.86. The van der Waals surface area contributed by atoms with Gasteiger partial charge in [0.2, 0.25) is 5.91 Å². The number of nitrogens with one attached hydrogen (secondary N) is 1. The van der Waals surface area contributed by atoms with E-state index in [9.17, 15) is 19.1 Å². The molecule has 0 radical (unpaired) electrons. The van der Waals surface area contributed by atoms with Gasteiger partial charge in [-0.25, -0.2) is 28.2 Å². The Kier molecular flexibility index (Phi) is 11.7. The molecular weight excluding hydrogens is 727 g/mol. The first-order chi connectivity index (χ1) is 25.4. The van der Waals surface area contributed by atoms with Gasteiger partial charge in [-0.3, -0.25) is 9.69 Å². The van der Waals surface area contributed by atoms with E-state index in [1.165, 1.54) is 24.3 Å². The number of hydrogen-bond donors (Lipinski definition) is 2. The lowest BCUT2D eigenvalue weighted by Gasteiger charge is -2.43. The molecule has 3 aromatic carbocycles. The Morgan fingerprint density at radius 2 is 1.74 bits per heavy atom. The van der Waals surface area contributed by atoms with Gasteiger partial charge in [-0.15, -0.1) is 0 Å². The average Bonchev–Trinajstić information content (AvgIpc) is 3.78. The number of nitrogens with zero attached hydrogens (tertiary/aromatic N) is 8. The number of carbonyl (C=O) groups is 2. The van der Waals surface area contributed by atoms with Gasteiger partial charge in [0.1, 0.15) is 41.8 Å². The number of aryl methyl sites for hydroxylation is 1. The Morgan fingerprint density at radius 3 is 2.32 bits per heavy atom. The van der Waals surface area contributed by atoms with Crippen LogP contribution in [0, 0.1) is 11.6 Å². The van der Waals surface area contributed by atoms with Crippen LogP contribution in [0.3, 0.4) is 0 Å². The molecule has 0 aliphatic carbocycles. The Bertz CT molecular complexity index is 2000. The van der Waals surface area contributed by atoms with E-state index >= 15 is 4.39 Å². The van der Waals surface area contributed by atoms with Crippen molar-refractivity contribution in [2.75, 3.05) is 19.6 Å². The number of aliphatic hydroxyl groups is 1. The highest BCUT2D eigenvalue weighted by Crippen LogP contribution is 2.31. The van der Waals surface area contributed by atoms with E-state index in [4.69, 9.17) is 23.2 Å². The monoisotopic (exact) mass is 765 g/mol. The van der Waals surface area contributed by atoms with Gasteiger partial charge in [-0.2, -0.15) is 5.10 Å². The molecule has 1 aliphatic rings. The van der Waals surface area contributed by atoms with Crippen molar-refractivity contribution in [3.05, 3.63) is 136 Å². The van der Waals surface area contributed by atoms with E-state index in [0.717, 1.165) is 23.3 Å². The molecule has 3 heterocycles. The number of piperazine rings is 1. The first-order valence-corrected chi connectivity index (χ1v) is 17.7. The van der Waals surface area contributed by atoms with E-state index in [-0.39, 0.29) is 37.8 Å². The van der Waals surface area contributed by atoms with Crippen LogP contribution in [0.25, 0.3) is 0 Å². The number of hydrogen-bond acceptors (Lipinski definition) is 7. The van der Waals surface area contributed by atoms with Gasteiger partial charge in [0, 0.05) is 73.8 Å². The highest BCUT2D eigenvalue weighted by molar-refractivity contribution is 6.30. The van der Waals surface area contributed by atoms with Gasteiger partial charge < -0.3 is 24.8 Å². The van der Waals surface area contributed by atoms with Crippen molar-refractivity contribution in [3.63, 3.8) is 0 Å². The summed E-state index contributed by atoms with van der Waals surface area (Å²) in [4.78, 5) is 42.4. The normalized spacial score (nSPS) is 16.6. The van der Waals surface area contributed by atoms with Gasteiger partial charge >= 0.3 is 6.03 Å². The number of carbonyl (C=O) groups excluding carboxylic acids is 2. The van der Waals surface area contributed by atoms with Crippen LogP contribution in [0.2, 0.25) is 10.0 Å². The Balaban J connectivity index is 1.28. The zero-order valence-corrected chi connectivity index (χ0v) is 30.6. The number of amides is 3. The summed E-state index contributed by atoms with van der Waals surface area (Å²) in [6.45, 7) is 2.63. The van der Waals surface area contributed by atoms with Gasteiger partial charge in [0.25, 0.3) is 0 Å². The van der Waals surface area contributed by atoms with Crippen LogP contribution in [0.15, 0.2) is 91.8 Å². The molecule has 1 unspecified atom stereocenters. The second-order valence-corrected chi connectivity index (χ2v) is 14.0. The van der Waals surface area contributed by atoms with Crippen molar-refractivity contribution in [2.24, 2.45) is 7.05 Å². The maximum absolute atomic E-state index is 15.3. The summed E-state index contributed by atoms with van der Waals surface area (Å²) < 4.78 is 32.4. The predicted molar refractivity (Wildman–Crippen MR) is 194 cm³/mol. The Hall–Kier alpha value is -4.89. The minimum atomic E-state index is -2.08. The summed E-state index contributed by atoms with van der Waals surface area (Å²) in [7, 11) is 1.85. The first-order valence-electron chi connectivity index (χ1n) is 16.9. The molecular formula is C37H39Cl2F2N9O3. The molecule has 1 aliphatic heterocycles. The second kappa shape index (κ2) is 16.4. The molecule has 5 aromatic rings. The smallest absolute Gasteiger partial charge is 0.320 e. The molecule has 0 saturated carbocycles. The number of rotatable bonds is 12. The summed E-state index contributed by atoms with van der Waals surface area (Å²) >= 11 is 12.6. The topological polar surface area (TPSA) is 125 Å². The van der Waals surface area contributed by atoms with Gasteiger partial charge in [-0.1, -0.05) is 53.5 Å². The molecule has 0 bridgehead atoms. The van der Waals surface area contributed by atoms with E-state index in [1.807, 2.05) is 40.8 Å². The molecule has 2 aromatic heterocycles. The number of urea groups is 1. The molecule has 16 heteroatoms. The summed E-state index contributed by atoms with van der Waals surface area (Å²) in [6, 6.07) is 15.1. The molecule has 1 fully saturated rings. The SMILES string of the molecule is C[C@H](NC(=O)C1CN(C(=O)N(Cc2cccc(Cl)c2)Cc2cccc(Cl)c2)CCN1Cc1nccn1C)[C@](O)(Cn1cncn1)c1ccc(F)cc1F. The Labute approximate surface area is 315 Å². The van der Waals surface area contributed by atoms with E-state index in [2.05, 4.69) is 20.4 Å². The fourth-order valence-corrected chi connectivity index (χ4v) is 6.98. The highest BCUT2D eigenvalue weighted by atomic mass is 35.5. The number of halogens is 4. The zero-order chi connectivity index (χ0) is 37.7. The molecule has 6 rings (SSSR count). The van der Waals surface area contributed by atoms with Gasteiger partial charge in [-0.05, 0) is 48.4 Å². The van der Waals surface area contributed by atoms with Gasteiger partial charge in [0.05, 0.1) is 19.1 Å². The van der Waals surface area contributed by atoms with Crippen LogP contribution in [-0.2, 0) is 43.6 Å². The predicted octanol–water partition coefficient (Wildman–Crippen LogP) is 5.00. The largest absolute Gasteiger partial charge is 0.381 e. The van der Waals surface area contributed by atoms with Crippen molar-refractivity contribution in [1.82, 2.24) is 44.3 Å². The van der Waals surface area contributed by atoms with Crippen LogP contribution in [-0.4, -0.2) is 87.8 Å². The third kappa shape index (κ3) is 9.02. The van der Waals surface area contributed by atoms with Crippen LogP contribution in [0.5, 0.6) is 0 Å². The lowest BCUT2D eigenvalue weighted by Crippen LogP contribution is -2.63. The van der Waals surface area contributed by atoms with E-state index in [0.29, 0.717) is 41.6 Å². The minimum absolute atomic E-state index is 0.00415. The van der Waals surface area contributed by atoms with E-state index < -0.39 is 35.2 Å². The van der Waals surface area contributed by atoms with Crippen molar-refractivity contribution >= 4 is 35.1 Å². The number of aromatic nitrogens is 5. The van der Waals surface area contributed by atoms with Crippen LogP contribution >= 0.6 is 23.2 Å². The van der Waals surface area contributed by atoms with E-state index in [1.54, 1.807) is 46.5 Å². The maximum atomic E-state index is 15.3. The van der Waals surface area contributed by atoms with Crippen molar-refractivity contribution in [3.8, 4) is 0 Å². The molecule has 278 valence electrons. The van der Waals surface area contributed by atoms with Crippen LogP contribution in [0.4, 0.5) is 13.6 Å². The van der Waals surface area contributed by atoms with Crippen LogP contribution < -0.4 is 5.32 Å². The fraction of sp³-hybridized carbons (Fsp3) is 0.324. The summed E-state index contributed by atoms with van der Waals surface area (Å²) in [6.07, 6.45) is 6.07. The molecule has 2 N–H and O–H groups in total. The summed E-state index contributed by atoms with van der Waals surface area (Å²) in [5.41, 5.74) is -0.668. The first kappa shape index (κ1) is 37.9. The molecule has 0 spiro atoms. The minimum Gasteiger partial charge on any atom is -0.381 e. The quantitative estimate of drug-likeness (QED) is 0.183. The maximum Gasteiger partial charge on any atom is 0.320 e. The lowest BCUT2D eigenvalue weighted by molar-refractivity contribution is -0.132. The molecule has 1 saturated heterocycles. The molecule has 53 heavy (non-hydrogen) atoms. The number of benzene rings is 3. The third-order valence-corrected chi connectivity index (χ3v) is 9.94. The van der Waals surface area contributed by atoms with Crippen molar-refractivity contribution < 1.29 is 23.5 Å². The molecule has 3 amide bonds. The average molecular weight is 767 g/mol. The van der Waals surface area contributed by atoms with Crippen molar-refractivity contribution in [1.29, 1.82) is 0 Å². The summed E-state index contributed by atoms with van der Waals surface area (Å²) in [5.74, 6) is -1.61.